The second kappa shape index (κ2) is 3.79. The van der Waals surface area contributed by atoms with E-state index in [0.717, 1.165) is 5.56 Å². The predicted octanol–water partition coefficient (Wildman–Crippen LogP) is 0.863. The number of aliphatic hydroxyl groups excluding tert-OH is 1. The van der Waals surface area contributed by atoms with Crippen LogP contribution in [0.2, 0.25) is 0 Å². The Kier molecular flexibility index (Phi) is 2.48. The van der Waals surface area contributed by atoms with Gasteiger partial charge < -0.3 is 14.6 Å². The van der Waals surface area contributed by atoms with Gasteiger partial charge in [0.15, 0.2) is 11.5 Å². The van der Waals surface area contributed by atoms with Crippen molar-refractivity contribution >= 4 is 0 Å². The van der Waals surface area contributed by atoms with Crippen LogP contribution in [0.1, 0.15) is 11.1 Å². The quantitative estimate of drug-likeness (QED) is 0.738. The lowest BCUT2D eigenvalue weighted by molar-refractivity contribution is 0.0897. The number of hydrogen-bond acceptors (Lipinski definition) is 4. The largest absolute Gasteiger partial charge is 0.493 e. The van der Waals surface area contributed by atoms with E-state index in [-0.39, 0.29) is 6.61 Å². The van der Waals surface area contributed by atoms with Crippen LogP contribution in [0.5, 0.6) is 11.5 Å². The lowest BCUT2D eigenvalue weighted by atomic mass is 9.98. The highest BCUT2D eigenvalue weighted by atomic mass is 16.5. The van der Waals surface area contributed by atoms with Gasteiger partial charge in [0.1, 0.15) is 6.61 Å². The van der Waals surface area contributed by atoms with Crippen molar-refractivity contribution < 1.29 is 14.6 Å². The molecule has 0 amide bonds. The molecule has 1 aromatic rings. The molecular weight excluding hydrogens is 194 g/mol. The maximum absolute atomic E-state index is 9.46. The molecule has 0 radical (unpaired) electrons. The number of nitrogens with zero attached hydrogens (tertiary/aromatic N) is 1. The Morgan fingerprint density at radius 3 is 3.07 bits per heavy atom. The van der Waals surface area contributed by atoms with Crippen molar-refractivity contribution in [3.63, 3.8) is 0 Å². The van der Waals surface area contributed by atoms with Crippen LogP contribution in [-0.2, 0) is 6.42 Å². The summed E-state index contributed by atoms with van der Waals surface area (Å²) in [4.78, 5) is 0. The van der Waals surface area contributed by atoms with Gasteiger partial charge in [0.25, 0.3) is 0 Å². The zero-order valence-corrected chi connectivity index (χ0v) is 8.36. The molecule has 78 valence electrons. The molecule has 0 fully saturated rings. The first-order valence-corrected chi connectivity index (χ1v) is 4.67. The zero-order valence-electron chi connectivity index (χ0n) is 8.36. The number of aliphatic hydroxyl groups is 1. The number of hydrogen-bond donors (Lipinski definition) is 1. The maximum atomic E-state index is 9.46. The second-order valence-corrected chi connectivity index (χ2v) is 3.40. The van der Waals surface area contributed by atoms with Crippen molar-refractivity contribution in [1.29, 1.82) is 5.26 Å². The summed E-state index contributed by atoms with van der Waals surface area (Å²) in [6, 6.07) is 5.46. The summed E-state index contributed by atoms with van der Waals surface area (Å²) in [5, 5.41) is 18.4. The Hall–Kier alpha value is -1.73. The summed E-state index contributed by atoms with van der Waals surface area (Å²) in [6.45, 7) is 0.248. The van der Waals surface area contributed by atoms with Gasteiger partial charge in [-0.2, -0.15) is 5.26 Å². The van der Waals surface area contributed by atoms with Crippen molar-refractivity contribution in [3.8, 4) is 17.6 Å². The van der Waals surface area contributed by atoms with E-state index in [1.54, 1.807) is 19.2 Å². The number of methoxy groups -OCH3 is 1. The van der Waals surface area contributed by atoms with E-state index in [1.165, 1.54) is 0 Å². The number of rotatable bonds is 1. The zero-order chi connectivity index (χ0) is 10.8. The third kappa shape index (κ3) is 1.62. The Balaban J connectivity index is 2.55. The maximum Gasteiger partial charge on any atom is 0.165 e. The van der Waals surface area contributed by atoms with Gasteiger partial charge in [0.05, 0.1) is 24.8 Å². The van der Waals surface area contributed by atoms with E-state index in [0.29, 0.717) is 23.5 Å². The predicted molar refractivity (Wildman–Crippen MR) is 52.9 cm³/mol. The molecule has 0 aromatic heterocycles. The van der Waals surface area contributed by atoms with Gasteiger partial charge in [-0.15, -0.1) is 0 Å². The molecule has 1 aromatic carbocycles. The summed E-state index contributed by atoms with van der Waals surface area (Å²) in [7, 11) is 1.55. The lowest BCUT2D eigenvalue weighted by Gasteiger charge is -2.24. The molecule has 1 heterocycles. The van der Waals surface area contributed by atoms with Crippen LogP contribution in [0.25, 0.3) is 0 Å². The Morgan fingerprint density at radius 1 is 1.60 bits per heavy atom. The minimum atomic E-state index is -0.545. The Bertz CT molecular complexity index is 423. The van der Waals surface area contributed by atoms with E-state index in [4.69, 9.17) is 14.7 Å². The SMILES string of the molecule is COc1ccc(C#N)c2c1OCC(O)C2. The molecule has 0 bridgehead atoms. The topological polar surface area (TPSA) is 62.5 Å². The smallest absolute Gasteiger partial charge is 0.165 e. The van der Waals surface area contributed by atoms with Crippen LogP contribution in [0.3, 0.4) is 0 Å². The van der Waals surface area contributed by atoms with Crippen LogP contribution < -0.4 is 9.47 Å². The summed E-state index contributed by atoms with van der Waals surface area (Å²) < 4.78 is 10.5. The van der Waals surface area contributed by atoms with Gasteiger partial charge in [-0.1, -0.05) is 0 Å². The van der Waals surface area contributed by atoms with Gasteiger partial charge in [-0.05, 0) is 12.1 Å². The third-order valence-electron chi connectivity index (χ3n) is 2.42. The van der Waals surface area contributed by atoms with Crippen molar-refractivity contribution in [3.05, 3.63) is 23.3 Å². The highest BCUT2D eigenvalue weighted by Crippen LogP contribution is 2.36. The van der Waals surface area contributed by atoms with Gasteiger partial charge >= 0.3 is 0 Å². The number of nitriles is 1. The van der Waals surface area contributed by atoms with E-state index < -0.39 is 6.10 Å². The van der Waals surface area contributed by atoms with E-state index in [2.05, 4.69) is 6.07 Å². The molecule has 0 aliphatic carbocycles. The molecule has 15 heavy (non-hydrogen) atoms. The van der Waals surface area contributed by atoms with Crippen molar-refractivity contribution in [2.75, 3.05) is 13.7 Å². The average molecular weight is 205 g/mol. The minimum Gasteiger partial charge on any atom is -0.493 e. The summed E-state index contributed by atoms with van der Waals surface area (Å²) in [5.74, 6) is 1.19. The van der Waals surface area contributed by atoms with E-state index >= 15 is 0 Å². The number of benzene rings is 1. The first-order valence-electron chi connectivity index (χ1n) is 4.67. The number of ether oxygens (including phenoxy) is 2. The molecule has 1 unspecified atom stereocenters. The first kappa shape index (κ1) is 9.81. The van der Waals surface area contributed by atoms with Crippen molar-refractivity contribution in [2.24, 2.45) is 0 Å². The molecule has 0 saturated heterocycles. The molecule has 1 N–H and O–H groups in total. The van der Waals surface area contributed by atoms with Crippen molar-refractivity contribution in [1.82, 2.24) is 0 Å². The minimum absolute atomic E-state index is 0.248. The Morgan fingerprint density at radius 2 is 2.40 bits per heavy atom. The average Bonchev–Trinajstić information content (AvgIpc) is 2.27. The van der Waals surface area contributed by atoms with Crippen LogP contribution in [0.4, 0.5) is 0 Å². The summed E-state index contributed by atoms with van der Waals surface area (Å²) in [6.07, 6.45) is -0.105. The highest BCUT2D eigenvalue weighted by molar-refractivity contribution is 5.55. The van der Waals surface area contributed by atoms with Crippen LogP contribution in [-0.4, -0.2) is 24.9 Å². The van der Waals surface area contributed by atoms with Crippen molar-refractivity contribution in [2.45, 2.75) is 12.5 Å². The number of fused-ring (bicyclic) bond motifs is 1. The molecule has 4 nitrogen and oxygen atoms in total. The molecule has 0 saturated carbocycles. The lowest BCUT2D eigenvalue weighted by Crippen LogP contribution is -2.26. The van der Waals surface area contributed by atoms with Crippen LogP contribution in [0, 0.1) is 11.3 Å². The molecule has 2 rings (SSSR count). The summed E-state index contributed by atoms with van der Waals surface area (Å²) in [5.41, 5.74) is 1.26. The molecule has 1 aliphatic heterocycles. The van der Waals surface area contributed by atoms with Gasteiger partial charge in [0.2, 0.25) is 0 Å². The van der Waals surface area contributed by atoms with Gasteiger partial charge in [0, 0.05) is 12.0 Å². The van der Waals surface area contributed by atoms with E-state index in [1.807, 2.05) is 0 Å². The monoisotopic (exact) mass is 205 g/mol. The molecule has 4 heteroatoms. The highest BCUT2D eigenvalue weighted by Gasteiger charge is 2.23. The molecular formula is C11H11NO3. The normalized spacial score (nSPS) is 18.6. The van der Waals surface area contributed by atoms with Gasteiger partial charge in [-0.25, -0.2) is 0 Å². The van der Waals surface area contributed by atoms with Crippen LogP contribution in [0.15, 0.2) is 12.1 Å². The molecule has 1 aliphatic rings. The third-order valence-corrected chi connectivity index (χ3v) is 2.42. The fourth-order valence-electron chi connectivity index (χ4n) is 1.71. The standard InChI is InChI=1S/C11H11NO3/c1-14-10-3-2-7(5-12)9-4-8(13)6-15-11(9)10/h2-3,8,13H,4,6H2,1H3. The summed E-state index contributed by atoms with van der Waals surface area (Å²) >= 11 is 0. The van der Waals surface area contributed by atoms with Gasteiger partial charge in [-0.3, -0.25) is 0 Å². The van der Waals surface area contributed by atoms with Crippen LogP contribution >= 0.6 is 0 Å². The molecule has 0 spiro atoms. The van der Waals surface area contributed by atoms with E-state index in [9.17, 15) is 5.11 Å². The Labute approximate surface area is 87.7 Å². The fourth-order valence-corrected chi connectivity index (χ4v) is 1.71. The molecule has 1 atom stereocenters. The first-order chi connectivity index (χ1) is 7.26. The fraction of sp³-hybridized carbons (Fsp3) is 0.364. The second-order valence-electron chi connectivity index (χ2n) is 3.40.